The Morgan fingerprint density at radius 1 is 0.864 bits per heavy atom. The van der Waals surface area contributed by atoms with Crippen molar-refractivity contribution in [2.45, 2.75) is 77.9 Å². The van der Waals surface area contributed by atoms with Gasteiger partial charge in [-0.05, 0) is 80.8 Å². The summed E-state index contributed by atoms with van der Waals surface area (Å²) in [5, 5.41) is 3.63. The average Bonchev–Trinajstić information content (AvgIpc) is 3.05. The molecule has 8 heteroatoms. The third-order valence-electron chi connectivity index (χ3n) is 10.5. The molecule has 3 fully saturated rings. The third kappa shape index (κ3) is 8.40. The van der Waals surface area contributed by atoms with Gasteiger partial charge in [-0.1, -0.05) is 43.3 Å². The molecule has 1 unspecified atom stereocenters. The molecule has 5 rings (SSSR count). The number of carbonyl (C=O) groups excluding carboxylic acids is 2. The van der Waals surface area contributed by atoms with Crippen LogP contribution in [0.1, 0.15) is 61.3 Å². The predicted octanol–water partition coefficient (Wildman–Crippen LogP) is 3.84. The molecule has 3 heterocycles. The highest BCUT2D eigenvalue weighted by Crippen LogP contribution is 2.25. The molecule has 1 atom stereocenters. The van der Waals surface area contributed by atoms with Crippen molar-refractivity contribution in [3.05, 3.63) is 64.7 Å². The first kappa shape index (κ1) is 32.5. The van der Waals surface area contributed by atoms with E-state index in [-0.39, 0.29) is 24.2 Å². The molecule has 0 bridgehead atoms. The molecule has 2 amide bonds. The van der Waals surface area contributed by atoms with Crippen LogP contribution in [0, 0.1) is 19.8 Å². The van der Waals surface area contributed by atoms with E-state index in [2.05, 4.69) is 65.1 Å². The first-order valence-electron chi connectivity index (χ1n) is 17.0. The van der Waals surface area contributed by atoms with Crippen molar-refractivity contribution >= 4 is 17.5 Å². The van der Waals surface area contributed by atoms with Gasteiger partial charge in [0.25, 0.3) is 0 Å². The number of hydrogen-bond donors (Lipinski definition) is 2. The quantitative estimate of drug-likeness (QED) is 0.402. The second kappa shape index (κ2) is 15.4. The van der Waals surface area contributed by atoms with Gasteiger partial charge in [0.05, 0.1) is 5.92 Å². The fraction of sp³-hybridized carbons (Fsp3) is 0.611. The molecule has 3 saturated heterocycles. The number of anilines is 1. The van der Waals surface area contributed by atoms with Crippen molar-refractivity contribution in [3.63, 3.8) is 0 Å². The van der Waals surface area contributed by atoms with E-state index in [1.54, 1.807) is 0 Å². The van der Waals surface area contributed by atoms with Gasteiger partial charge in [0.15, 0.2) is 0 Å². The van der Waals surface area contributed by atoms with E-state index >= 15 is 0 Å². The molecule has 0 spiro atoms. The minimum Gasteiger partial charge on any atom is -0.398 e. The smallest absolute Gasteiger partial charge is 0.226 e. The summed E-state index contributed by atoms with van der Waals surface area (Å²) >= 11 is 0. The molecule has 0 radical (unpaired) electrons. The number of nitrogens with one attached hydrogen (secondary N) is 1. The summed E-state index contributed by atoms with van der Waals surface area (Å²) in [4.78, 5) is 36.9. The summed E-state index contributed by atoms with van der Waals surface area (Å²) in [6.07, 6.45) is 4.77. The Morgan fingerprint density at radius 2 is 1.55 bits per heavy atom. The molecule has 240 valence electrons. The maximum absolute atomic E-state index is 14.1. The molecule has 0 aromatic heterocycles. The number of piperidine rings is 2. The summed E-state index contributed by atoms with van der Waals surface area (Å²) in [6, 6.07) is 15.3. The van der Waals surface area contributed by atoms with Gasteiger partial charge in [-0.2, -0.15) is 0 Å². The van der Waals surface area contributed by atoms with E-state index in [1.807, 2.05) is 23.1 Å². The van der Waals surface area contributed by atoms with Crippen LogP contribution >= 0.6 is 0 Å². The van der Waals surface area contributed by atoms with E-state index in [4.69, 9.17) is 5.73 Å². The van der Waals surface area contributed by atoms with Gasteiger partial charge in [0, 0.05) is 83.1 Å². The van der Waals surface area contributed by atoms with Crippen LogP contribution in [-0.4, -0.2) is 102 Å². The number of amides is 2. The molecule has 0 saturated carbocycles. The van der Waals surface area contributed by atoms with Gasteiger partial charge in [0.1, 0.15) is 0 Å². The predicted molar refractivity (Wildman–Crippen MR) is 178 cm³/mol. The number of carbonyl (C=O) groups is 2. The second-order valence-electron chi connectivity index (χ2n) is 13.3. The number of hydrogen-bond acceptors (Lipinski definition) is 6. The fourth-order valence-corrected chi connectivity index (χ4v) is 7.24. The summed E-state index contributed by atoms with van der Waals surface area (Å²) in [6.45, 7) is 15.9. The van der Waals surface area contributed by atoms with E-state index in [1.165, 1.54) is 11.1 Å². The normalized spacial score (nSPS) is 20.2. The number of likely N-dealkylation sites (tertiary alicyclic amines) is 2. The number of aryl methyl sites for hydroxylation is 2. The second-order valence-corrected chi connectivity index (χ2v) is 13.3. The molecule has 2 aromatic rings. The molecular weight excluding hydrogens is 548 g/mol. The van der Waals surface area contributed by atoms with E-state index in [0.717, 1.165) is 108 Å². The molecule has 2 aromatic carbocycles. The van der Waals surface area contributed by atoms with Gasteiger partial charge in [-0.3, -0.25) is 14.5 Å². The van der Waals surface area contributed by atoms with Crippen LogP contribution in [0.2, 0.25) is 0 Å². The molecule has 8 nitrogen and oxygen atoms in total. The van der Waals surface area contributed by atoms with Crippen LogP contribution in [0.15, 0.2) is 42.5 Å². The standard InChI is InChI=1S/C36H54N6O2/c1-4-39-19-21-40(22-20-39)33-13-17-42(18-14-33)36(44)31(24-29-10-9-27(2)28(3)23-29)25-35(43)41-15-11-32(12-16-41)38-26-30-7-5-6-8-34(30)37/h5-10,23,31-33,38H,4,11-22,24-26,37H2,1-3H3. The summed E-state index contributed by atoms with van der Waals surface area (Å²) in [5.41, 5.74) is 11.7. The third-order valence-corrected chi connectivity index (χ3v) is 10.5. The number of nitrogen functional groups attached to an aromatic ring is 1. The van der Waals surface area contributed by atoms with Gasteiger partial charge < -0.3 is 25.8 Å². The van der Waals surface area contributed by atoms with Crippen molar-refractivity contribution in [1.82, 2.24) is 24.9 Å². The highest BCUT2D eigenvalue weighted by molar-refractivity contribution is 5.86. The minimum atomic E-state index is -0.328. The van der Waals surface area contributed by atoms with E-state index in [9.17, 15) is 9.59 Å². The Morgan fingerprint density at radius 3 is 2.20 bits per heavy atom. The Bertz CT molecular complexity index is 1240. The molecule has 3 aliphatic rings. The van der Waals surface area contributed by atoms with Crippen LogP contribution in [0.4, 0.5) is 5.69 Å². The highest BCUT2D eigenvalue weighted by atomic mass is 16.2. The SMILES string of the molecule is CCN1CCN(C2CCN(C(=O)C(CC(=O)N3CCC(NCc4ccccc4N)CC3)Cc3ccc(C)c(C)c3)CC2)CC1. The van der Waals surface area contributed by atoms with Gasteiger partial charge in [-0.15, -0.1) is 0 Å². The van der Waals surface area contributed by atoms with Crippen LogP contribution in [0.25, 0.3) is 0 Å². The molecule has 3 N–H and O–H groups in total. The van der Waals surface area contributed by atoms with Gasteiger partial charge in [0.2, 0.25) is 11.8 Å². The fourth-order valence-electron chi connectivity index (χ4n) is 7.24. The lowest BCUT2D eigenvalue weighted by atomic mass is 9.91. The number of benzene rings is 2. The molecular formula is C36H54N6O2. The lowest BCUT2D eigenvalue weighted by molar-refractivity contribution is -0.143. The van der Waals surface area contributed by atoms with Crippen LogP contribution in [0.5, 0.6) is 0 Å². The number of rotatable bonds is 10. The zero-order chi connectivity index (χ0) is 31.1. The lowest BCUT2D eigenvalue weighted by Gasteiger charge is -2.43. The highest BCUT2D eigenvalue weighted by Gasteiger charge is 2.34. The number of likely N-dealkylation sites (N-methyl/N-ethyl adjacent to an activating group) is 1. The van der Waals surface area contributed by atoms with E-state index in [0.29, 0.717) is 18.5 Å². The monoisotopic (exact) mass is 602 g/mol. The zero-order valence-corrected chi connectivity index (χ0v) is 27.3. The maximum Gasteiger partial charge on any atom is 0.226 e. The number of para-hydroxylation sites is 1. The summed E-state index contributed by atoms with van der Waals surface area (Å²) in [5.74, 6) is -0.0596. The Hall–Kier alpha value is -2.94. The minimum absolute atomic E-state index is 0.113. The Labute approximate surface area is 264 Å². The van der Waals surface area contributed by atoms with Crippen molar-refractivity contribution < 1.29 is 9.59 Å². The van der Waals surface area contributed by atoms with Crippen molar-refractivity contribution in [1.29, 1.82) is 0 Å². The first-order valence-corrected chi connectivity index (χ1v) is 17.0. The van der Waals surface area contributed by atoms with Gasteiger partial charge >= 0.3 is 0 Å². The molecule has 3 aliphatic heterocycles. The summed E-state index contributed by atoms with van der Waals surface area (Å²) < 4.78 is 0. The first-order chi connectivity index (χ1) is 21.3. The van der Waals surface area contributed by atoms with E-state index < -0.39 is 0 Å². The van der Waals surface area contributed by atoms with Crippen molar-refractivity contribution in [2.75, 3.05) is 64.6 Å². The largest absolute Gasteiger partial charge is 0.398 e. The molecule has 44 heavy (non-hydrogen) atoms. The Balaban J connectivity index is 1.16. The number of nitrogens with two attached hydrogens (primary N) is 1. The maximum atomic E-state index is 14.1. The van der Waals surface area contributed by atoms with Gasteiger partial charge in [-0.25, -0.2) is 0 Å². The summed E-state index contributed by atoms with van der Waals surface area (Å²) in [7, 11) is 0. The lowest BCUT2D eigenvalue weighted by Crippen LogP contribution is -2.54. The zero-order valence-electron chi connectivity index (χ0n) is 27.3. The average molecular weight is 603 g/mol. The molecule has 0 aliphatic carbocycles. The van der Waals surface area contributed by atoms with Crippen molar-refractivity contribution in [3.8, 4) is 0 Å². The Kier molecular flexibility index (Phi) is 11.3. The van der Waals surface area contributed by atoms with Crippen LogP contribution < -0.4 is 11.1 Å². The van der Waals surface area contributed by atoms with Crippen LogP contribution in [-0.2, 0) is 22.6 Å². The van der Waals surface area contributed by atoms with Crippen molar-refractivity contribution in [2.24, 2.45) is 5.92 Å². The number of nitrogens with zero attached hydrogens (tertiary/aromatic N) is 4. The topological polar surface area (TPSA) is 85.2 Å². The van der Waals surface area contributed by atoms with Crippen LogP contribution in [0.3, 0.4) is 0 Å². The number of piperazine rings is 1.